The number of hydrogen-bond donors (Lipinski definition) is 1. The Kier molecular flexibility index (Phi) is 4.06. The van der Waals surface area contributed by atoms with Crippen molar-refractivity contribution >= 4 is 0 Å². The lowest BCUT2D eigenvalue weighted by Gasteiger charge is -2.27. The van der Waals surface area contributed by atoms with Crippen molar-refractivity contribution in [2.45, 2.75) is 51.6 Å². The van der Waals surface area contributed by atoms with Crippen molar-refractivity contribution in [3.63, 3.8) is 0 Å². The lowest BCUT2D eigenvalue weighted by molar-refractivity contribution is 0.334. The molecule has 1 saturated carbocycles. The zero-order chi connectivity index (χ0) is 12.3. The molecule has 0 saturated heterocycles. The van der Waals surface area contributed by atoms with Crippen LogP contribution in [-0.4, -0.2) is 13.2 Å². The molecule has 0 heterocycles. The van der Waals surface area contributed by atoms with Crippen LogP contribution >= 0.6 is 0 Å². The van der Waals surface area contributed by atoms with Crippen LogP contribution < -0.4 is 10.1 Å². The van der Waals surface area contributed by atoms with E-state index in [1.807, 2.05) is 0 Å². The second-order valence-electron chi connectivity index (χ2n) is 5.23. The molecule has 1 aliphatic carbocycles. The summed E-state index contributed by atoms with van der Waals surface area (Å²) in [6.07, 6.45) is 4.03. The molecule has 0 atom stereocenters. The number of rotatable bonds is 5. The summed E-state index contributed by atoms with van der Waals surface area (Å²) >= 11 is 0. The average molecular weight is 233 g/mol. The Morgan fingerprint density at radius 2 is 2.12 bits per heavy atom. The Morgan fingerprint density at radius 3 is 2.65 bits per heavy atom. The number of methoxy groups -OCH3 is 1. The third-order valence-electron chi connectivity index (χ3n) is 3.66. The molecule has 1 aliphatic rings. The zero-order valence-corrected chi connectivity index (χ0v) is 11.1. The van der Waals surface area contributed by atoms with E-state index in [9.17, 15) is 0 Å². The van der Waals surface area contributed by atoms with Gasteiger partial charge in [-0.05, 0) is 30.4 Å². The highest BCUT2D eigenvalue weighted by Crippen LogP contribution is 2.25. The standard InChI is InChI=1S/C15H23NO/c1-11(2)12-7-8-13(15(9-12)17-3)10-16-14-5-4-6-14/h7-9,11,14,16H,4-6,10H2,1-3H3. The smallest absolute Gasteiger partial charge is 0.123 e. The molecule has 0 radical (unpaired) electrons. The van der Waals surface area contributed by atoms with E-state index >= 15 is 0 Å². The fourth-order valence-electron chi connectivity index (χ4n) is 2.13. The largest absolute Gasteiger partial charge is 0.496 e. The van der Waals surface area contributed by atoms with Crippen LogP contribution in [0.4, 0.5) is 0 Å². The van der Waals surface area contributed by atoms with Crippen molar-refractivity contribution in [1.82, 2.24) is 5.32 Å². The van der Waals surface area contributed by atoms with Crippen molar-refractivity contribution in [1.29, 1.82) is 0 Å². The van der Waals surface area contributed by atoms with Crippen molar-refractivity contribution in [2.75, 3.05) is 7.11 Å². The molecule has 2 heteroatoms. The van der Waals surface area contributed by atoms with Crippen molar-refractivity contribution in [3.8, 4) is 5.75 Å². The summed E-state index contributed by atoms with van der Waals surface area (Å²) in [5.41, 5.74) is 2.61. The minimum atomic E-state index is 0.553. The quantitative estimate of drug-likeness (QED) is 0.841. The lowest BCUT2D eigenvalue weighted by Crippen LogP contribution is -2.34. The summed E-state index contributed by atoms with van der Waals surface area (Å²) in [6.45, 7) is 5.34. The van der Waals surface area contributed by atoms with E-state index in [0.717, 1.165) is 18.3 Å². The molecule has 0 aromatic heterocycles. The van der Waals surface area contributed by atoms with Crippen LogP contribution in [0.1, 0.15) is 50.2 Å². The molecular formula is C15H23NO. The van der Waals surface area contributed by atoms with E-state index in [4.69, 9.17) is 4.74 Å². The van der Waals surface area contributed by atoms with Gasteiger partial charge in [0.1, 0.15) is 5.75 Å². The van der Waals surface area contributed by atoms with Crippen LogP contribution in [0.15, 0.2) is 18.2 Å². The summed E-state index contributed by atoms with van der Waals surface area (Å²) < 4.78 is 5.48. The maximum Gasteiger partial charge on any atom is 0.123 e. The molecule has 1 N–H and O–H groups in total. The first-order chi connectivity index (χ1) is 8.20. The minimum absolute atomic E-state index is 0.553. The van der Waals surface area contributed by atoms with Crippen LogP contribution in [0.2, 0.25) is 0 Å². The second-order valence-corrected chi connectivity index (χ2v) is 5.23. The molecule has 2 nitrogen and oxygen atoms in total. The summed E-state index contributed by atoms with van der Waals surface area (Å²) in [4.78, 5) is 0. The Balaban J connectivity index is 2.04. The first-order valence-corrected chi connectivity index (χ1v) is 6.61. The third kappa shape index (κ3) is 3.01. The number of benzene rings is 1. The Labute approximate surface area is 104 Å². The molecule has 1 aromatic rings. The van der Waals surface area contributed by atoms with Gasteiger partial charge in [-0.2, -0.15) is 0 Å². The second kappa shape index (κ2) is 5.54. The van der Waals surface area contributed by atoms with Gasteiger partial charge in [-0.3, -0.25) is 0 Å². The highest BCUT2D eigenvalue weighted by atomic mass is 16.5. The van der Waals surface area contributed by atoms with Gasteiger partial charge >= 0.3 is 0 Å². The first kappa shape index (κ1) is 12.4. The Bertz CT molecular complexity index is 369. The molecule has 0 spiro atoms. The van der Waals surface area contributed by atoms with Gasteiger partial charge in [-0.15, -0.1) is 0 Å². The third-order valence-corrected chi connectivity index (χ3v) is 3.66. The molecule has 0 amide bonds. The van der Waals surface area contributed by atoms with Crippen LogP contribution in [0, 0.1) is 0 Å². The van der Waals surface area contributed by atoms with E-state index in [-0.39, 0.29) is 0 Å². The van der Waals surface area contributed by atoms with Gasteiger partial charge in [0.15, 0.2) is 0 Å². The molecular weight excluding hydrogens is 210 g/mol. The highest BCUT2D eigenvalue weighted by Gasteiger charge is 2.17. The van der Waals surface area contributed by atoms with Crippen molar-refractivity contribution < 1.29 is 4.74 Å². The van der Waals surface area contributed by atoms with E-state index in [2.05, 4.69) is 37.4 Å². The summed E-state index contributed by atoms with van der Waals surface area (Å²) in [5.74, 6) is 1.57. The van der Waals surface area contributed by atoms with Gasteiger partial charge in [0.25, 0.3) is 0 Å². The van der Waals surface area contributed by atoms with Crippen LogP contribution in [0.3, 0.4) is 0 Å². The molecule has 94 valence electrons. The zero-order valence-electron chi connectivity index (χ0n) is 11.1. The van der Waals surface area contributed by atoms with Gasteiger partial charge in [0.2, 0.25) is 0 Å². The monoisotopic (exact) mass is 233 g/mol. The van der Waals surface area contributed by atoms with Crippen LogP contribution in [0.5, 0.6) is 5.75 Å². The predicted molar refractivity (Wildman–Crippen MR) is 71.6 cm³/mol. The molecule has 0 unspecified atom stereocenters. The SMILES string of the molecule is COc1cc(C(C)C)ccc1CNC1CCC1. The number of hydrogen-bond acceptors (Lipinski definition) is 2. The topological polar surface area (TPSA) is 21.3 Å². The molecule has 1 fully saturated rings. The molecule has 0 aliphatic heterocycles. The van der Waals surface area contributed by atoms with Crippen LogP contribution in [-0.2, 0) is 6.54 Å². The van der Waals surface area contributed by atoms with E-state index in [1.165, 1.54) is 30.4 Å². The fraction of sp³-hybridized carbons (Fsp3) is 0.600. The van der Waals surface area contributed by atoms with Crippen LogP contribution in [0.25, 0.3) is 0 Å². The highest BCUT2D eigenvalue weighted by molar-refractivity contribution is 5.38. The lowest BCUT2D eigenvalue weighted by atomic mass is 9.93. The Morgan fingerprint density at radius 1 is 1.35 bits per heavy atom. The predicted octanol–water partition coefficient (Wildman–Crippen LogP) is 3.46. The van der Waals surface area contributed by atoms with Crippen molar-refractivity contribution in [3.05, 3.63) is 29.3 Å². The van der Waals surface area contributed by atoms with E-state index in [1.54, 1.807) is 7.11 Å². The summed E-state index contributed by atoms with van der Waals surface area (Å²) in [6, 6.07) is 7.30. The molecule has 17 heavy (non-hydrogen) atoms. The average Bonchev–Trinajstić information content (AvgIpc) is 2.27. The van der Waals surface area contributed by atoms with Gasteiger partial charge in [-0.1, -0.05) is 32.4 Å². The summed E-state index contributed by atoms with van der Waals surface area (Å²) in [7, 11) is 1.76. The summed E-state index contributed by atoms with van der Waals surface area (Å²) in [5, 5.41) is 3.58. The van der Waals surface area contributed by atoms with Gasteiger partial charge in [0, 0.05) is 18.2 Å². The molecule has 0 bridgehead atoms. The minimum Gasteiger partial charge on any atom is -0.496 e. The maximum atomic E-state index is 5.48. The normalized spacial score (nSPS) is 16.0. The van der Waals surface area contributed by atoms with Gasteiger partial charge < -0.3 is 10.1 Å². The number of ether oxygens (including phenoxy) is 1. The fourth-order valence-corrected chi connectivity index (χ4v) is 2.13. The van der Waals surface area contributed by atoms with Gasteiger partial charge in [-0.25, -0.2) is 0 Å². The Hall–Kier alpha value is -1.02. The molecule has 1 aromatic carbocycles. The van der Waals surface area contributed by atoms with E-state index < -0.39 is 0 Å². The molecule has 2 rings (SSSR count). The van der Waals surface area contributed by atoms with Crippen molar-refractivity contribution in [2.24, 2.45) is 0 Å². The maximum absolute atomic E-state index is 5.48. The number of nitrogens with one attached hydrogen (secondary N) is 1. The first-order valence-electron chi connectivity index (χ1n) is 6.61. The van der Waals surface area contributed by atoms with Gasteiger partial charge in [0.05, 0.1) is 7.11 Å². The van der Waals surface area contributed by atoms with E-state index in [0.29, 0.717) is 5.92 Å².